The summed E-state index contributed by atoms with van der Waals surface area (Å²) in [4.78, 5) is 17.9. The summed E-state index contributed by atoms with van der Waals surface area (Å²) in [5.74, 6) is 0.0524. The van der Waals surface area contributed by atoms with Crippen molar-refractivity contribution in [3.05, 3.63) is 23.9 Å². The molecule has 1 saturated heterocycles. The number of anilines is 1. The van der Waals surface area contributed by atoms with Crippen LogP contribution in [0.2, 0.25) is 0 Å². The summed E-state index contributed by atoms with van der Waals surface area (Å²) in [6.07, 6.45) is 1.22. The Hall–Kier alpha value is -1.66. The summed E-state index contributed by atoms with van der Waals surface area (Å²) in [6.45, 7) is 2.58. The molecule has 0 aliphatic carbocycles. The summed E-state index contributed by atoms with van der Waals surface area (Å²) in [5, 5.41) is 9.10. The predicted octanol–water partition coefficient (Wildman–Crippen LogP) is -0.114. The molecule has 0 radical (unpaired) electrons. The molecule has 2 unspecified atom stereocenters. The first-order valence-electron chi connectivity index (χ1n) is 5.87. The second-order valence-corrected chi connectivity index (χ2v) is 4.38. The summed E-state index contributed by atoms with van der Waals surface area (Å²) in [6, 6.07) is 3.29. The van der Waals surface area contributed by atoms with Crippen molar-refractivity contribution in [2.45, 2.75) is 19.1 Å². The molecule has 3 N–H and O–H groups in total. The Balaban J connectivity index is 2.19. The molecule has 1 aliphatic rings. The fourth-order valence-electron chi connectivity index (χ4n) is 1.96. The molecule has 2 heterocycles. The lowest BCUT2D eigenvalue weighted by Gasteiger charge is -2.37. The van der Waals surface area contributed by atoms with Crippen LogP contribution >= 0.6 is 0 Å². The summed E-state index contributed by atoms with van der Waals surface area (Å²) in [7, 11) is 0. The Morgan fingerprint density at radius 1 is 1.72 bits per heavy atom. The van der Waals surface area contributed by atoms with Gasteiger partial charge in [0.15, 0.2) is 0 Å². The van der Waals surface area contributed by atoms with Gasteiger partial charge in [0, 0.05) is 12.7 Å². The third-order valence-corrected chi connectivity index (χ3v) is 3.04. The molecule has 0 saturated carbocycles. The van der Waals surface area contributed by atoms with Crippen LogP contribution in [0.1, 0.15) is 17.3 Å². The zero-order valence-electron chi connectivity index (χ0n) is 10.2. The normalized spacial score (nSPS) is 24.0. The van der Waals surface area contributed by atoms with E-state index < -0.39 is 0 Å². The largest absolute Gasteiger partial charge is 0.394 e. The van der Waals surface area contributed by atoms with E-state index in [9.17, 15) is 4.79 Å². The summed E-state index contributed by atoms with van der Waals surface area (Å²) >= 11 is 0. The van der Waals surface area contributed by atoms with E-state index in [1.165, 1.54) is 0 Å². The minimum atomic E-state index is -0.331. The van der Waals surface area contributed by atoms with Gasteiger partial charge in [-0.05, 0) is 19.1 Å². The molecule has 2 rings (SSSR count). The molecule has 1 aliphatic heterocycles. The second kappa shape index (κ2) is 5.32. The smallest absolute Gasteiger partial charge is 0.258 e. The number of nitrogen functional groups attached to an aromatic ring is 1. The Morgan fingerprint density at radius 3 is 3.17 bits per heavy atom. The van der Waals surface area contributed by atoms with Gasteiger partial charge in [-0.25, -0.2) is 4.98 Å². The first kappa shape index (κ1) is 12.8. The van der Waals surface area contributed by atoms with E-state index in [1.54, 1.807) is 23.2 Å². The Bertz CT molecular complexity index is 438. The molecule has 2 atom stereocenters. The van der Waals surface area contributed by atoms with Crippen LogP contribution < -0.4 is 5.73 Å². The van der Waals surface area contributed by atoms with Crippen molar-refractivity contribution in [2.24, 2.45) is 0 Å². The van der Waals surface area contributed by atoms with Crippen molar-refractivity contribution in [3.8, 4) is 0 Å². The van der Waals surface area contributed by atoms with Gasteiger partial charge >= 0.3 is 0 Å². The van der Waals surface area contributed by atoms with Crippen molar-refractivity contribution in [1.82, 2.24) is 9.88 Å². The molecule has 1 fully saturated rings. The number of hydrogen-bond acceptors (Lipinski definition) is 5. The van der Waals surface area contributed by atoms with E-state index in [1.807, 2.05) is 6.92 Å². The van der Waals surface area contributed by atoms with Gasteiger partial charge in [-0.15, -0.1) is 0 Å². The maximum absolute atomic E-state index is 12.4. The number of nitrogens with two attached hydrogens (primary N) is 1. The van der Waals surface area contributed by atoms with Crippen molar-refractivity contribution >= 4 is 11.7 Å². The lowest BCUT2D eigenvalue weighted by Crippen LogP contribution is -2.52. The number of hydrogen-bond donors (Lipinski definition) is 2. The third-order valence-electron chi connectivity index (χ3n) is 3.04. The number of aromatic nitrogens is 1. The first-order valence-corrected chi connectivity index (χ1v) is 5.87. The minimum Gasteiger partial charge on any atom is -0.394 e. The van der Waals surface area contributed by atoms with Gasteiger partial charge in [0.1, 0.15) is 5.82 Å². The number of rotatable bonds is 2. The number of amides is 1. The standard InChI is InChI=1S/C12H17N3O3/c1-8-7-18-9(6-16)5-15(8)12(17)10-3-2-4-14-11(10)13/h2-4,8-9,16H,5-7H2,1H3,(H2,13,14). The van der Waals surface area contributed by atoms with Crippen LogP contribution in [0.3, 0.4) is 0 Å². The van der Waals surface area contributed by atoms with Gasteiger partial charge in [0.2, 0.25) is 0 Å². The van der Waals surface area contributed by atoms with Crippen LogP contribution in [-0.4, -0.2) is 52.8 Å². The minimum absolute atomic E-state index is 0.0418. The number of aliphatic hydroxyl groups is 1. The number of ether oxygens (including phenoxy) is 1. The monoisotopic (exact) mass is 251 g/mol. The summed E-state index contributed by atoms with van der Waals surface area (Å²) in [5.41, 5.74) is 6.09. The zero-order chi connectivity index (χ0) is 13.1. The van der Waals surface area contributed by atoms with E-state index in [0.29, 0.717) is 18.7 Å². The van der Waals surface area contributed by atoms with Gasteiger partial charge in [0.05, 0.1) is 30.9 Å². The second-order valence-electron chi connectivity index (χ2n) is 4.38. The number of pyridine rings is 1. The SMILES string of the molecule is CC1COC(CO)CN1C(=O)c1cccnc1N. The van der Waals surface area contributed by atoms with Crippen LogP contribution in [0.4, 0.5) is 5.82 Å². The number of morpholine rings is 1. The molecule has 1 aromatic heterocycles. The number of carbonyl (C=O) groups is 1. The Kier molecular flexibility index (Phi) is 3.78. The molecule has 6 heteroatoms. The number of carbonyl (C=O) groups excluding carboxylic acids is 1. The van der Waals surface area contributed by atoms with Crippen molar-refractivity contribution in [3.63, 3.8) is 0 Å². The molecule has 18 heavy (non-hydrogen) atoms. The average Bonchev–Trinajstić information content (AvgIpc) is 2.39. The van der Waals surface area contributed by atoms with Crippen LogP contribution in [0.5, 0.6) is 0 Å². The highest BCUT2D eigenvalue weighted by Crippen LogP contribution is 2.17. The van der Waals surface area contributed by atoms with Crippen molar-refractivity contribution < 1.29 is 14.6 Å². The quantitative estimate of drug-likeness (QED) is 0.765. The number of aliphatic hydroxyl groups excluding tert-OH is 1. The van der Waals surface area contributed by atoms with E-state index in [-0.39, 0.29) is 30.5 Å². The highest BCUT2D eigenvalue weighted by molar-refractivity contribution is 5.98. The Labute approximate surface area is 105 Å². The highest BCUT2D eigenvalue weighted by atomic mass is 16.5. The molecular weight excluding hydrogens is 234 g/mol. The summed E-state index contributed by atoms with van der Waals surface area (Å²) < 4.78 is 5.40. The molecule has 1 amide bonds. The van der Waals surface area contributed by atoms with E-state index in [2.05, 4.69) is 4.98 Å². The number of nitrogens with zero attached hydrogens (tertiary/aromatic N) is 2. The lowest BCUT2D eigenvalue weighted by molar-refractivity contribution is -0.0667. The maximum atomic E-state index is 12.4. The molecule has 0 spiro atoms. The van der Waals surface area contributed by atoms with Crippen LogP contribution in [0.25, 0.3) is 0 Å². The maximum Gasteiger partial charge on any atom is 0.258 e. The van der Waals surface area contributed by atoms with Crippen LogP contribution in [-0.2, 0) is 4.74 Å². The van der Waals surface area contributed by atoms with Crippen LogP contribution in [0, 0.1) is 0 Å². The average molecular weight is 251 g/mol. The zero-order valence-corrected chi connectivity index (χ0v) is 10.2. The fourth-order valence-corrected chi connectivity index (χ4v) is 1.96. The molecule has 6 nitrogen and oxygen atoms in total. The van der Waals surface area contributed by atoms with Crippen molar-refractivity contribution in [2.75, 3.05) is 25.5 Å². The van der Waals surface area contributed by atoms with Gasteiger partial charge in [0.25, 0.3) is 5.91 Å². The molecular formula is C12H17N3O3. The van der Waals surface area contributed by atoms with Gasteiger partial charge in [-0.2, -0.15) is 0 Å². The van der Waals surface area contributed by atoms with E-state index in [0.717, 1.165) is 0 Å². The molecule has 0 aromatic carbocycles. The van der Waals surface area contributed by atoms with Crippen LogP contribution in [0.15, 0.2) is 18.3 Å². The van der Waals surface area contributed by atoms with E-state index >= 15 is 0 Å². The molecule has 98 valence electrons. The molecule has 0 bridgehead atoms. The Morgan fingerprint density at radius 2 is 2.50 bits per heavy atom. The highest BCUT2D eigenvalue weighted by Gasteiger charge is 2.30. The van der Waals surface area contributed by atoms with Gasteiger partial charge in [-0.3, -0.25) is 4.79 Å². The third kappa shape index (κ3) is 2.44. The topological polar surface area (TPSA) is 88.7 Å². The van der Waals surface area contributed by atoms with Gasteiger partial charge in [-0.1, -0.05) is 0 Å². The first-order chi connectivity index (χ1) is 8.63. The van der Waals surface area contributed by atoms with Gasteiger partial charge < -0.3 is 20.5 Å². The fraction of sp³-hybridized carbons (Fsp3) is 0.500. The van der Waals surface area contributed by atoms with Crippen molar-refractivity contribution in [1.29, 1.82) is 0 Å². The molecule has 1 aromatic rings. The predicted molar refractivity (Wildman–Crippen MR) is 66.0 cm³/mol. The lowest BCUT2D eigenvalue weighted by atomic mass is 10.1. The van der Waals surface area contributed by atoms with E-state index in [4.69, 9.17) is 15.6 Å².